The average Bonchev–Trinajstić information content (AvgIpc) is 1.62. The lowest BCUT2D eigenvalue weighted by molar-refractivity contribution is -0.124. The van der Waals surface area contributed by atoms with Crippen LogP contribution in [0.15, 0.2) is 0 Å². The van der Waals surface area contributed by atoms with E-state index in [0.29, 0.717) is 0 Å². The Morgan fingerprint density at radius 1 is 1.78 bits per heavy atom. The zero-order valence-electron chi connectivity index (χ0n) is 5.77. The third kappa shape index (κ3) is 5.30. The van der Waals surface area contributed by atoms with Gasteiger partial charge >= 0.3 is 0 Å². The maximum Gasteiger partial charge on any atom is 0.222 e. The van der Waals surface area contributed by atoms with Gasteiger partial charge in [0.15, 0.2) is 0 Å². The molecule has 0 spiro atoms. The predicted octanol–water partition coefficient (Wildman–Crippen LogP) is 0.0552. The quantitative estimate of drug-likeness (QED) is 0.555. The van der Waals surface area contributed by atoms with Gasteiger partial charge in [0.1, 0.15) is 0 Å². The fourth-order valence-corrected chi connectivity index (χ4v) is 0.455. The zero-order chi connectivity index (χ0) is 7.49. The van der Waals surface area contributed by atoms with E-state index in [-0.39, 0.29) is 12.3 Å². The van der Waals surface area contributed by atoms with Crippen molar-refractivity contribution in [2.45, 2.75) is 25.9 Å². The number of amides is 1. The Morgan fingerprint density at radius 3 is 2.33 bits per heavy atom. The van der Waals surface area contributed by atoms with E-state index in [1.807, 2.05) is 0 Å². The van der Waals surface area contributed by atoms with E-state index in [4.69, 9.17) is 5.11 Å². The molecule has 9 heavy (non-hydrogen) atoms. The molecule has 0 aliphatic carbocycles. The van der Waals surface area contributed by atoms with Crippen LogP contribution in [0, 0.1) is 7.05 Å². The van der Waals surface area contributed by atoms with E-state index in [2.05, 4.69) is 12.4 Å². The molecule has 0 rings (SSSR count). The molecule has 0 aromatic heterocycles. The van der Waals surface area contributed by atoms with Gasteiger partial charge in [0, 0.05) is 7.05 Å². The van der Waals surface area contributed by atoms with Gasteiger partial charge < -0.3 is 10.4 Å². The normalized spacial score (nSPS) is 11.1. The maximum atomic E-state index is 10.5. The van der Waals surface area contributed by atoms with Crippen LogP contribution in [0.25, 0.3) is 0 Å². The fourth-order valence-electron chi connectivity index (χ4n) is 0.455. The second-order valence-corrected chi connectivity index (χ2v) is 2.59. The van der Waals surface area contributed by atoms with Gasteiger partial charge in [-0.2, -0.15) is 0 Å². The monoisotopic (exact) mass is 130 g/mol. The minimum absolute atomic E-state index is 0.0938. The van der Waals surface area contributed by atoms with Crippen LogP contribution >= 0.6 is 0 Å². The van der Waals surface area contributed by atoms with Gasteiger partial charge in [0.25, 0.3) is 0 Å². The summed E-state index contributed by atoms with van der Waals surface area (Å²) in [4.78, 5) is 10.5. The number of rotatable bonds is 2. The first kappa shape index (κ1) is 8.43. The summed E-state index contributed by atoms with van der Waals surface area (Å²) >= 11 is 0. The van der Waals surface area contributed by atoms with E-state index in [1.165, 1.54) is 0 Å². The molecule has 0 bridgehead atoms. The second-order valence-electron chi connectivity index (χ2n) is 2.59. The lowest BCUT2D eigenvalue weighted by Crippen LogP contribution is -2.28. The van der Waals surface area contributed by atoms with Crippen molar-refractivity contribution in [3.8, 4) is 0 Å². The van der Waals surface area contributed by atoms with E-state index in [0.717, 1.165) is 0 Å². The van der Waals surface area contributed by atoms with Crippen LogP contribution in [-0.4, -0.2) is 16.6 Å². The lowest BCUT2D eigenvalue weighted by Gasteiger charge is -2.14. The number of carbonyl (C=O) groups is 1. The first-order valence-corrected chi connectivity index (χ1v) is 2.74. The lowest BCUT2D eigenvalue weighted by atomic mass is 10.1. The Labute approximate surface area is 55.1 Å². The summed E-state index contributed by atoms with van der Waals surface area (Å²) in [5, 5.41) is 11.2. The second kappa shape index (κ2) is 2.82. The molecule has 53 valence electrons. The third-order valence-electron chi connectivity index (χ3n) is 0.790. The topological polar surface area (TPSA) is 49.3 Å². The molecule has 0 fully saturated rings. The Balaban J connectivity index is 3.60. The van der Waals surface area contributed by atoms with Crippen molar-refractivity contribution in [2.75, 3.05) is 0 Å². The third-order valence-corrected chi connectivity index (χ3v) is 0.790. The summed E-state index contributed by atoms with van der Waals surface area (Å²) < 4.78 is 0. The molecular weight excluding hydrogens is 118 g/mol. The summed E-state index contributed by atoms with van der Waals surface area (Å²) in [6.07, 6.45) is 0.0938. The van der Waals surface area contributed by atoms with Gasteiger partial charge in [-0.3, -0.25) is 4.79 Å². The number of nitrogens with one attached hydrogen (secondary N) is 1. The van der Waals surface area contributed by atoms with E-state index in [9.17, 15) is 4.79 Å². The first-order chi connectivity index (χ1) is 3.95. The van der Waals surface area contributed by atoms with Crippen LogP contribution in [0.2, 0.25) is 0 Å². The number of carbonyl (C=O) groups excluding carboxylic acids is 1. The average molecular weight is 130 g/mol. The highest BCUT2D eigenvalue weighted by molar-refractivity contribution is 5.76. The van der Waals surface area contributed by atoms with Gasteiger partial charge in [0.05, 0.1) is 12.0 Å². The van der Waals surface area contributed by atoms with E-state index in [1.54, 1.807) is 13.8 Å². The summed E-state index contributed by atoms with van der Waals surface area (Å²) in [5.74, 6) is -0.248. The highest BCUT2D eigenvalue weighted by Crippen LogP contribution is 2.05. The van der Waals surface area contributed by atoms with Crippen molar-refractivity contribution in [3.05, 3.63) is 7.05 Å². The van der Waals surface area contributed by atoms with Crippen LogP contribution in [0.5, 0.6) is 0 Å². The molecule has 0 aliphatic heterocycles. The largest absolute Gasteiger partial charge is 0.390 e. The number of hydrogen-bond acceptors (Lipinski definition) is 2. The van der Waals surface area contributed by atoms with Crippen LogP contribution in [0.4, 0.5) is 0 Å². The van der Waals surface area contributed by atoms with Crippen molar-refractivity contribution >= 4 is 5.91 Å². The fraction of sp³-hybridized carbons (Fsp3) is 0.667. The van der Waals surface area contributed by atoms with E-state index < -0.39 is 5.60 Å². The molecule has 0 aromatic rings. The molecule has 0 atom stereocenters. The van der Waals surface area contributed by atoms with Gasteiger partial charge in [-0.15, -0.1) is 0 Å². The molecule has 0 saturated carbocycles. The summed E-state index contributed by atoms with van der Waals surface area (Å²) in [5.41, 5.74) is -0.929. The van der Waals surface area contributed by atoms with Gasteiger partial charge in [-0.1, -0.05) is 0 Å². The smallest absolute Gasteiger partial charge is 0.222 e. The molecule has 3 heteroatoms. The van der Waals surface area contributed by atoms with Gasteiger partial charge in [-0.25, -0.2) is 0 Å². The zero-order valence-corrected chi connectivity index (χ0v) is 5.77. The van der Waals surface area contributed by atoms with Crippen molar-refractivity contribution in [1.82, 2.24) is 5.32 Å². The standard InChI is InChI=1S/C6H12NO2/c1-6(2,9)4-5(8)7-3/h9H,3-4H2,1-2H3,(H,7,8). The summed E-state index contributed by atoms with van der Waals surface area (Å²) in [6, 6.07) is 0. The Morgan fingerprint density at radius 2 is 2.22 bits per heavy atom. The molecule has 3 nitrogen and oxygen atoms in total. The van der Waals surface area contributed by atoms with Crippen LogP contribution < -0.4 is 5.32 Å². The predicted molar refractivity (Wildman–Crippen MR) is 34.4 cm³/mol. The molecule has 1 amide bonds. The summed E-state index contributed by atoms with van der Waals surface area (Å²) in [6.45, 7) is 3.14. The molecule has 0 heterocycles. The van der Waals surface area contributed by atoms with Gasteiger partial charge in [-0.05, 0) is 13.8 Å². The molecule has 2 N–H and O–H groups in total. The molecular formula is C6H12NO2. The number of hydrogen-bond donors (Lipinski definition) is 2. The molecule has 0 saturated heterocycles. The van der Waals surface area contributed by atoms with E-state index >= 15 is 0 Å². The summed E-state index contributed by atoms with van der Waals surface area (Å²) in [7, 11) is 3.16. The van der Waals surface area contributed by atoms with Gasteiger partial charge in [0.2, 0.25) is 5.91 Å². The Bertz CT molecular complexity index is 104. The minimum Gasteiger partial charge on any atom is -0.390 e. The highest BCUT2D eigenvalue weighted by atomic mass is 16.3. The molecule has 0 aromatic carbocycles. The van der Waals surface area contributed by atoms with Crippen LogP contribution in [0.1, 0.15) is 20.3 Å². The van der Waals surface area contributed by atoms with Crippen LogP contribution in [0.3, 0.4) is 0 Å². The van der Waals surface area contributed by atoms with Crippen LogP contribution in [-0.2, 0) is 4.79 Å². The SMILES string of the molecule is [CH2]NC(=O)CC(C)(C)O. The number of aliphatic hydroxyl groups is 1. The maximum absolute atomic E-state index is 10.5. The minimum atomic E-state index is -0.929. The molecule has 1 radical (unpaired) electrons. The van der Waals surface area contributed by atoms with Crippen molar-refractivity contribution in [1.29, 1.82) is 0 Å². The Hall–Kier alpha value is -0.570. The van der Waals surface area contributed by atoms with Crippen molar-refractivity contribution < 1.29 is 9.90 Å². The van der Waals surface area contributed by atoms with Crippen molar-refractivity contribution in [3.63, 3.8) is 0 Å². The first-order valence-electron chi connectivity index (χ1n) is 2.74. The molecule has 0 unspecified atom stereocenters. The highest BCUT2D eigenvalue weighted by Gasteiger charge is 2.16. The van der Waals surface area contributed by atoms with Crippen molar-refractivity contribution in [2.24, 2.45) is 0 Å². The Kier molecular flexibility index (Phi) is 2.65. The molecule has 0 aliphatic rings.